The molecule has 0 radical (unpaired) electrons. The maximum atomic E-state index is 13.1. The molecule has 1 aromatic heterocycles. The molecule has 1 saturated carbocycles. The number of hydrogen-bond acceptors (Lipinski definition) is 4. The number of carbonyl (C=O) groups excluding carboxylic acids is 1. The van der Waals surface area contributed by atoms with E-state index in [1.807, 2.05) is 53.4 Å². The topological polar surface area (TPSA) is 45.6 Å². The van der Waals surface area contributed by atoms with Gasteiger partial charge in [0, 0.05) is 18.4 Å². The van der Waals surface area contributed by atoms with Crippen LogP contribution in [0, 0.1) is 0 Å². The van der Waals surface area contributed by atoms with Gasteiger partial charge in [-0.15, -0.1) is 0 Å². The zero-order valence-corrected chi connectivity index (χ0v) is 15.4. The van der Waals surface area contributed by atoms with Gasteiger partial charge in [0.1, 0.15) is 0 Å². The second-order valence-electron chi connectivity index (χ2n) is 6.59. The number of aliphatic imine (C=N–C) groups is 1. The Bertz CT molecular complexity index is 827. The Hall–Kier alpha value is -2.40. The molecule has 132 valence electrons. The van der Waals surface area contributed by atoms with Gasteiger partial charge in [-0.3, -0.25) is 14.7 Å². The third-order valence-electron chi connectivity index (χ3n) is 4.74. The largest absolute Gasteiger partial charge is 0.283 e. The highest BCUT2D eigenvalue weighted by Gasteiger charge is 2.38. The number of rotatable bonds is 3. The third-order valence-corrected chi connectivity index (χ3v) is 5.72. The summed E-state index contributed by atoms with van der Waals surface area (Å²) in [6.07, 6.45) is 11.2. The van der Waals surface area contributed by atoms with Gasteiger partial charge in [0.05, 0.1) is 10.6 Å². The summed E-state index contributed by atoms with van der Waals surface area (Å²) in [5.74, 6) is 0.0698. The normalized spacial score (nSPS) is 21.7. The highest BCUT2D eigenvalue weighted by molar-refractivity contribution is 8.18. The number of pyridine rings is 1. The Balaban J connectivity index is 1.69. The van der Waals surface area contributed by atoms with E-state index in [4.69, 9.17) is 4.99 Å². The summed E-state index contributed by atoms with van der Waals surface area (Å²) in [7, 11) is 0. The van der Waals surface area contributed by atoms with Gasteiger partial charge in [-0.25, -0.2) is 4.99 Å². The van der Waals surface area contributed by atoms with Crippen LogP contribution in [0.2, 0.25) is 0 Å². The summed E-state index contributed by atoms with van der Waals surface area (Å²) >= 11 is 1.47. The molecule has 0 N–H and O–H groups in total. The number of aromatic nitrogens is 1. The standard InChI is InChI=1S/C21H21N3OS/c25-20-19(14-16-8-7-13-22-15-16)26-21(23-17-9-3-1-4-10-17)24(20)18-11-5-2-6-12-18/h1,3-4,7-10,13-15,18H,2,5-6,11-12H2/b19-14+,23-21?. The van der Waals surface area contributed by atoms with Crippen LogP contribution in [0.1, 0.15) is 37.7 Å². The molecule has 26 heavy (non-hydrogen) atoms. The fourth-order valence-corrected chi connectivity index (χ4v) is 4.51. The van der Waals surface area contributed by atoms with Crippen LogP contribution >= 0.6 is 11.8 Å². The summed E-state index contributed by atoms with van der Waals surface area (Å²) < 4.78 is 0. The predicted octanol–water partition coefficient (Wildman–Crippen LogP) is 5.02. The first kappa shape index (κ1) is 17.0. The summed E-state index contributed by atoms with van der Waals surface area (Å²) in [4.78, 5) is 24.7. The molecule has 1 amide bonds. The lowest BCUT2D eigenvalue weighted by molar-refractivity contribution is -0.124. The Morgan fingerprint density at radius 3 is 2.62 bits per heavy atom. The van der Waals surface area contributed by atoms with Crippen molar-refractivity contribution in [1.29, 1.82) is 0 Å². The van der Waals surface area contributed by atoms with Crippen LogP contribution in [0.4, 0.5) is 5.69 Å². The zero-order valence-electron chi connectivity index (χ0n) is 14.5. The molecule has 5 heteroatoms. The van der Waals surface area contributed by atoms with Crippen LogP contribution in [0.5, 0.6) is 0 Å². The Morgan fingerprint density at radius 2 is 1.88 bits per heavy atom. The molecule has 1 aliphatic heterocycles. The minimum absolute atomic E-state index is 0.0698. The molecule has 2 aliphatic rings. The Labute approximate surface area is 158 Å². The molecule has 2 fully saturated rings. The predicted molar refractivity (Wildman–Crippen MR) is 107 cm³/mol. The molecular weight excluding hydrogens is 342 g/mol. The van der Waals surface area contributed by atoms with Gasteiger partial charge < -0.3 is 0 Å². The van der Waals surface area contributed by atoms with Crippen molar-refractivity contribution in [2.75, 3.05) is 0 Å². The molecule has 0 bridgehead atoms. The van der Waals surface area contributed by atoms with Crippen molar-refractivity contribution < 1.29 is 4.79 Å². The molecule has 0 atom stereocenters. The van der Waals surface area contributed by atoms with Gasteiger partial charge >= 0.3 is 0 Å². The van der Waals surface area contributed by atoms with Gasteiger partial charge in [0.2, 0.25) is 0 Å². The molecule has 4 rings (SSSR count). The van der Waals surface area contributed by atoms with Crippen molar-refractivity contribution in [3.8, 4) is 0 Å². The quantitative estimate of drug-likeness (QED) is 0.720. The lowest BCUT2D eigenvalue weighted by atomic mass is 9.94. The number of para-hydroxylation sites is 1. The van der Waals surface area contributed by atoms with Crippen LogP contribution in [0.3, 0.4) is 0 Å². The highest BCUT2D eigenvalue weighted by atomic mass is 32.2. The van der Waals surface area contributed by atoms with E-state index in [1.165, 1.54) is 31.0 Å². The molecule has 2 heterocycles. The van der Waals surface area contributed by atoms with Crippen molar-refractivity contribution in [3.63, 3.8) is 0 Å². The maximum Gasteiger partial charge on any atom is 0.267 e. The summed E-state index contributed by atoms with van der Waals surface area (Å²) in [5.41, 5.74) is 1.82. The molecule has 1 aliphatic carbocycles. The monoisotopic (exact) mass is 363 g/mol. The van der Waals surface area contributed by atoms with E-state index in [-0.39, 0.29) is 11.9 Å². The minimum Gasteiger partial charge on any atom is -0.283 e. The maximum absolute atomic E-state index is 13.1. The van der Waals surface area contributed by atoms with Crippen LogP contribution in [0.25, 0.3) is 6.08 Å². The lowest BCUT2D eigenvalue weighted by Gasteiger charge is -2.30. The van der Waals surface area contributed by atoms with E-state index >= 15 is 0 Å². The smallest absolute Gasteiger partial charge is 0.267 e. The van der Waals surface area contributed by atoms with E-state index in [0.717, 1.165) is 34.2 Å². The van der Waals surface area contributed by atoms with Crippen LogP contribution < -0.4 is 0 Å². The van der Waals surface area contributed by atoms with Crippen LogP contribution in [-0.2, 0) is 4.79 Å². The minimum atomic E-state index is 0.0698. The summed E-state index contributed by atoms with van der Waals surface area (Å²) in [6.45, 7) is 0. The van der Waals surface area contributed by atoms with Gasteiger partial charge in [-0.05, 0) is 54.4 Å². The second-order valence-corrected chi connectivity index (χ2v) is 7.60. The van der Waals surface area contributed by atoms with E-state index in [1.54, 1.807) is 12.4 Å². The highest BCUT2D eigenvalue weighted by Crippen LogP contribution is 2.38. The molecular formula is C21H21N3OS. The molecule has 0 spiro atoms. The number of carbonyl (C=O) groups is 1. The SMILES string of the molecule is O=C1/C(=C\c2cccnc2)SC(=Nc2ccccc2)N1C1CCCCC1. The lowest BCUT2D eigenvalue weighted by Crippen LogP contribution is -2.40. The first-order chi connectivity index (χ1) is 12.8. The van der Waals surface area contributed by atoms with Crippen molar-refractivity contribution >= 4 is 34.6 Å². The third kappa shape index (κ3) is 3.73. The van der Waals surface area contributed by atoms with Gasteiger partial charge in [0.15, 0.2) is 5.17 Å². The van der Waals surface area contributed by atoms with Gasteiger partial charge in [-0.2, -0.15) is 0 Å². The number of nitrogens with zero attached hydrogens (tertiary/aromatic N) is 3. The Morgan fingerprint density at radius 1 is 1.08 bits per heavy atom. The van der Waals surface area contributed by atoms with Gasteiger partial charge in [-0.1, -0.05) is 43.5 Å². The van der Waals surface area contributed by atoms with Crippen molar-refractivity contribution in [1.82, 2.24) is 9.88 Å². The van der Waals surface area contributed by atoms with Gasteiger partial charge in [0.25, 0.3) is 5.91 Å². The average molecular weight is 363 g/mol. The molecule has 1 saturated heterocycles. The molecule has 4 nitrogen and oxygen atoms in total. The fourth-order valence-electron chi connectivity index (χ4n) is 3.45. The number of thioether (sulfide) groups is 1. The Kier molecular flexibility index (Phi) is 5.16. The van der Waals surface area contributed by atoms with Crippen LogP contribution in [0.15, 0.2) is 64.8 Å². The summed E-state index contributed by atoms with van der Waals surface area (Å²) in [5, 5.41) is 0.795. The first-order valence-electron chi connectivity index (χ1n) is 9.08. The van der Waals surface area contributed by atoms with Crippen molar-refractivity contribution in [2.45, 2.75) is 38.1 Å². The van der Waals surface area contributed by atoms with E-state index in [0.29, 0.717) is 0 Å². The second kappa shape index (κ2) is 7.87. The fraction of sp³-hybridized carbons (Fsp3) is 0.286. The van der Waals surface area contributed by atoms with E-state index in [9.17, 15) is 4.79 Å². The molecule has 0 unspecified atom stereocenters. The average Bonchev–Trinajstić information content (AvgIpc) is 2.99. The number of amidine groups is 1. The number of amides is 1. The van der Waals surface area contributed by atoms with E-state index in [2.05, 4.69) is 4.98 Å². The van der Waals surface area contributed by atoms with Crippen molar-refractivity contribution in [2.24, 2.45) is 4.99 Å². The summed E-state index contributed by atoms with van der Waals surface area (Å²) in [6, 6.07) is 14.0. The first-order valence-corrected chi connectivity index (χ1v) is 9.90. The molecule has 1 aromatic carbocycles. The van der Waals surface area contributed by atoms with E-state index < -0.39 is 0 Å². The number of hydrogen-bond donors (Lipinski definition) is 0. The van der Waals surface area contributed by atoms with Crippen LogP contribution in [-0.4, -0.2) is 27.0 Å². The molecule has 2 aromatic rings. The number of benzene rings is 1. The van der Waals surface area contributed by atoms with Crippen molar-refractivity contribution in [3.05, 3.63) is 65.3 Å². The zero-order chi connectivity index (χ0) is 17.8.